The molecular formula is C15H13N3O2S. The van der Waals surface area contributed by atoms with Gasteiger partial charge in [0.05, 0.1) is 23.9 Å². The first-order valence-corrected chi connectivity index (χ1v) is 7.25. The van der Waals surface area contributed by atoms with E-state index in [9.17, 15) is 10.1 Å². The summed E-state index contributed by atoms with van der Waals surface area (Å²) < 4.78 is 4.75. The lowest BCUT2D eigenvalue weighted by Gasteiger charge is -2.14. The van der Waals surface area contributed by atoms with Gasteiger partial charge in [0, 0.05) is 28.4 Å². The van der Waals surface area contributed by atoms with E-state index >= 15 is 0 Å². The van der Waals surface area contributed by atoms with Crippen molar-refractivity contribution in [3.8, 4) is 17.2 Å². The van der Waals surface area contributed by atoms with Crippen molar-refractivity contribution in [2.24, 2.45) is 0 Å². The van der Waals surface area contributed by atoms with Gasteiger partial charge in [-0.05, 0) is 18.4 Å². The lowest BCUT2D eigenvalue weighted by atomic mass is 9.97. The molecule has 1 heterocycles. The van der Waals surface area contributed by atoms with Crippen molar-refractivity contribution in [2.75, 3.05) is 19.1 Å². The molecule has 5 nitrogen and oxygen atoms in total. The number of nitriles is 1. The number of rotatable bonds is 3. The Balaban J connectivity index is 2.78. The number of carbonyl (C=O) groups is 1. The molecule has 0 bridgehead atoms. The van der Waals surface area contributed by atoms with E-state index in [0.29, 0.717) is 10.5 Å². The van der Waals surface area contributed by atoms with Gasteiger partial charge in [-0.25, -0.2) is 4.79 Å². The second-order valence-corrected chi connectivity index (χ2v) is 4.98. The summed E-state index contributed by atoms with van der Waals surface area (Å²) in [5.74, 6) is -0.550. The molecule has 2 aromatic rings. The van der Waals surface area contributed by atoms with Crippen LogP contribution in [0, 0.1) is 11.3 Å². The molecule has 106 valence electrons. The van der Waals surface area contributed by atoms with Crippen LogP contribution in [-0.2, 0) is 4.74 Å². The van der Waals surface area contributed by atoms with Gasteiger partial charge in [0.15, 0.2) is 0 Å². The van der Waals surface area contributed by atoms with Crippen molar-refractivity contribution in [1.29, 1.82) is 5.26 Å². The number of ether oxygens (including phenoxy) is 1. The van der Waals surface area contributed by atoms with Gasteiger partial charge in [-0.1, -0.05) is 6.07 Å². The van der Waals surface area contributed by atoms with Crippen molar-refractivity contribution >= 4 is 23.4 Å². The van der Waals surface area contributed by atoms with E-state index in [-0.39, 0.29) is 16.8 Å². The highest BCUT2D eigenvalue weighted by atomic mass is 32.2. The number of hydrogen-bond acceptors (Lipinski definition) is 6. The number of aromatic nitrogens is 1. The third kappa shape index (κ3) is 2.69. The first-order chi connectivity index (χ1) is 10.1. The summed E-state index contributed by atoms with van der Waals surface area (Å²) in [6.45, 7) is 0. The Labute approximate surface area is 126 Å². The van der Waals surface area contributed by atoms with E-state index in [1.165, 1.54) is 18.9 Å². The van der Waals surface area contributed by atoms with E-state index in [4.69, 9.17) is 10.5 Å². The summed E-state index contributed by atoms with van der Waals surface area (Å²) in [5.41, 5.74) is 8.07. The minimum absolute atomic E-state index is 0.134. The Morgan fingerprint density at radius 3 is 2.81 bits per heavy atom. The number of pyridine rings is 1. The molecule has 1 aromatic heterocycles. The van der Waals surface area contributed by atoms with Crippen LogP contribution in [0.2, 0.25) is 0 Å². The molecule has 0 saturated heterocycles. The largest absolute Gasteiger partial charge is 0.465 e. The van der Waals surface area contributed by atoms with Crippen molar-refractivity contribution in [3.05, 3.63) is 41.7 Å². The van der Waals surface area contributed by atoms with Crippen LogP contribution in [0.5, 0.6) is 0 Å². The highest BCUT2D eigenvalue weighted by Gasteiger charge is 2.22. The maximum Gasteiger partial charge on any atom is 0.341 e. The maximum absolute atomic E-state index is 11.9. The molecule has 0 aliphatic rings. The molecule has 0 radical (unpaired) electrons. The van der Waals surface area contributed by atoms with Gasteiger partial charge in [0.25, 0.3) is 0 Å². The van der Waals surface area contributed by atoms with E-state index < -0.39 is 5.97 Å². The Kier molecular flexibility index (Phi) is 4.45. The molecule has 0 atom stereocenters. The summed E-state index contributed by atoms with van der Waals surface area (Å²) in [7, 11) is 1.28. The fourth-order valence-corrected chi connectivity index (χ4v) is 2.66. The highest BCUT2D eigenvalue weighted by molar-refractivity contribution is 7.98. The van der Waals surface area contributed by atoms with Crippen molar-refractivity contribution in [2.45, 2.75) is 4.90 Å². The second kappa shape index (κ2) is 6.29. The van der Waals surface area contributed by atoms with E-state index in [2.05, 4.69) is 11.1 Å². The first kappa shape index (κ1) is 14.9. The molecule has 0 saturated carbocycles. The smallest absolute Gasteiger partial charge is 0.341 e. The topological polar surface area (TPSA) is 89.0 Å². The van der Waals surface area contributed by atoms with Gasteiger partial charge in [-0.3, -0.25) is 4.98 Å². The van der Waals surface area contributed by atoms with Crippen LogP contribution in [0.1, 0.15) is 15.9 Å². The van der Waals surface area contributed by atoms with Gasteiger partial charge in [0.1, 0.15) is 6.07 Å². The molecule has 6 heteroatoms. The Hall–Kier alpha value is -2.52. The quantitative estimate of drug-likeness (QED) is 0.532. The second-order valence-electron chi connectivity index (χ2n) is 4.14. The third-order valence-corrected chi connectivity index (χ3v) is 3.79. The van der Waals surface area contributed by atoms with Gasteiger partial charge >= 0.3 is 5.97 Å². The molecule has 0 amide bonds. The average Bonchev–Trinajstić information content (AvgIpc) is 2.53. The van der Waals surface area contributed by atoms with E-state index in [0.717, 1.165) is 5.56 Å². The lowest BCUT2D eigenvalue weighted by Crippen LogP contribution is -2.10. The Morgan fingerprint density at radius 1 is 1.52 bits per heavy atom. The molecule has 0 spiro atoms. The molecule has 0 fully saturated rings. The summed E-state index contributed by atoms with van der Waals surface area (Å²) in [5, 5.41) is 9.39. The SMILES string of the molecule is COC(=O)c1c(SC)cc(-c2cccnc2)c(C#N)c1N. The Morgan fingerprint density at radius 2 is 2.29 bits per heavy atom. The molecule has 0 aliphatic carbocycles. The lowest BCUT2D eigenvalue weighted by molar-refractivity contribution is 0.0598. The third-order valence-electron chi connectivity index (χ3n) is 3.02. The van der Waals surface area contributed by atoms with Crippen LogP contribution < -0.4 is 5.73 Å². The molecular weight excluding hydrogens is 286 g/mol. The van der Waals surface area contributed by atoms with Gasteiger partial charge in [-0.15, -0.1) is 11.8 Å². The molecule has 0 aliphatic heterocycles. The fourth-order valence-electron chi connectivity index (χ4n) is 2.02. The minimum Gasteiger partial charge on any atom is -0.465 e. The zero-order valence-corrected chi connectivity index (χ0v) is 12.4. The van der Waals surface area contributed by atoms with Gasteiger partial charge in [0.2, 0.25) is 0 Å². The van der Waals surface area contributed by atoms with Crippen LogP contribution in [0.15, 0.2) is 35.5 Å². The number of methoxy groups -OCH3 is 1. The minimum atomic E-state index is -0.550. The van der Waals surface area contributed by atoms with Crippen molar-refractivity contribution in [3.63, 3.8) is 0 Å². The number of nitrogens with two attached hydrogens (primary N) is 1. The Bertz CT molecular complexity index is 724. The number of nitrogens with zero attached hydrogens (tertiary/aromatic N) is 2. The van der Waals surface area contributed by atoms with Crippen LogP contribution in [-0.4, -0.2) is 24.3 Å². The normalized spacial score (nSPS) is 9.95. The zero-order valence-electron chi connectivity index (χ0n) is 11.6. The first-order valence-electron chi connectivity index (χ1n) is 6.03. The van der Waals surface area contributed by atoms with Crippen LogP contribution in [0.3, 0.4) is 0 Å². The van der Waals surface area contributed by atoms with Crippen LogP contribution >= 0.6 is 11.8 Å². The number of carbonyl (C=O) groups excluding carboxylic acids is 1. The summed E-state index contributed by atoms with van der Waals surface area (Å²) >= 11 is 1.37. The molecule has 2 N–H and O–H groups in total. The van der Waals surface area contributed by atoms with Gasteiger partial charge < -0.3 is 10.5 Å². The van der Waals surface area contributed by atoms with Crippen LogP contribution in [0.25, 0.3) is 11.1 Å². The molecule has 0 unspecified atom stereocenters. The average molecular weight is 299 g/mol. The predicted molar refractivity (Wildman–Crippen MR) is 81.9 cm³/mol. The summed E-state index contributed by atoms with van der Waals surface area (Å²) in [6, 6.07) is 7.45. The molecule has 2 rings (SSSR count). The van der Waals surface area contributed by atoms with E-state index in [1.807, 2.05) is 12.3 Å². The molecule has 21 heavy (non-hydrogen) atoms. The van der Waals surface area contributed by atoms with Crippen molar-refractivity contribution in [1.82, 2.24) is 4.98 Å². The molecule has 1 aromatic carbocycles. The summed E-state index contributed by atoms with van der Waals surface area (Å²) in [4.78, 5) is 16.6. The van der Waals surface area contributed by atoms with Gasteiger partial charge in [-0.2, -0.15) is 5.26 Å². The standard InChI is InChI=1S/C15H13N3O2S/c1-20-15(19)13-12(21-2)6-10(11(7-16)14(13)17)9-4-3-5-18-8-9/h3-6,8H,17H2,1-2H3. The van der Waals surface area contributed by atoms with Crippen LogP contribution in [0.4, 0.5) is 5.69 Å². The fraction of sp³-hybridized carbons (Fsp3) is 0.133. The highest BCUT2D eigenvalue weighted by Crippen LogP contribution is 2.36. The number of thioether (sulfide) groups is 1. The summed E-state index contributed by atoms with van der Waals surface area (Å²) in [6.07, 6.45) is 5.13. The number of benzene rings is 1. The number of nitrogen functional groups attached to an aromatic ring is 1. The zero-order chi connectivity index (χ0) is 15.4. The number of esters is 1. The number of hydrogen-bond donors (Lipinski definition) is 1. The van der Waals surface area contributed by atoms with Crippen molar-refractivity contribution < 1.29 is 9.53 Å². The predicted octanol–water partition coefficient (Wildman–Crippen LogP) is 2.71. The monoisotopic (exact) mass is 299 g/mol. The number of anilines is 1. The van der Waals surface area contributed by atoms with E-state index in [1.54, 1.807) is 24.5 Å². The maximum atomic E-state index is 11.9.